The SMILES string of the molecule is Cc1cccn2c(C)c(C(O)=C3C(=O)C(=O)N(c4nnc(SCc5ccc(F)cc5)s4)C3c3ccc(C(C)(C)C)cc3)nc12. The quantitative estimate of drug-likeness (QED) is 0.0701. The number of aliphatic hydroxyl groups is 1. The standard InChI is InChI=1S/C33H30FN5O3S2/c1-18-7-6-16-38-19(2)25(35-29(18)38)27(40)24-26(21-10-12-22(13-11-21)33(3,4)5)39(30(42)28(24)41)31-36-37-32(44-31)43-17-20-8-14-23(34)15-9-20/h6-16,26,40H,17H2,1-5H3. The van der Waals surface area contributed by atoms with Crippen molar-refractivity contribution in [2.75, 3.05) is 4.90 Å². The number of nitrogens with zero attached hydrogens (tertiary/aromatic N) is 5. The number of imidazole rings is 1. The Morgan fingerprint density at radius 2 is 1.73 bits per heavy atom. The van der Waals surface area contributed by atoms with Gasteiger partial charge in [-0.15, -0.1) is 10.2 Å². The topological polar surface area (TPSA) is 101 Å². The van der Waals surface area contributed by atoms with E-state index in [9.17, 15) is 19.1 Å². The summed E-state index contributed by atoms with van der Waals surface area (Å²) in [5, 5.41) is 20.5. The molecule has 1 atom stereocenters. The van der Waals surface area contributed by atoms with E-state index in [1.807, 2.05) is 60.8 Å². The molecule has 1 N–H and O–H groups in total. The van der Waals surface area contributed by atoms with Gasteiger partial charge in [-0.2, -0.15) is 0 Å². The van der Waals surface area contributed by atoms with Crippen molar-refractivity contribution < 1.29 is 19.1 Å². The summed E-state index contributed by atoms with van der Waals surface area (Å²) in [7, 11) is 0. The van der Waals surface area contributed by atoms with Crippen LogP contribution in [0.25, 0.3) is 11.4 Å². The summed E-state index contributed by atoms with van der Waals surface area (Å²) < 4.78 is 15.8. The molecule has 3 aromatic heterocycles. The Hall–Kier alpha value is -4.35. The molecule has 6 rings (SSSR count). The lowest BCUT2D eigenvalue weighted by Gasteiger charge is -2.24. The lowest BCUT2D eigenvalue weighted by atomic mass is 9.85. The smallest absolute Gasteiger partial charge is 0.301 e. The van der Waals surface area contributed by atoms with Crippen LogP contribution in [0.2, 0.25) is 0 Å². The number of Topliss-reactive ketones (excluding diaryl/α,β-unsaturated/α-hetero) is 1. The third-order valence-electron chi connectivity index (χ3n) is 7.72. The summed E-state index contributed by atoms with van der Waals surface area (Å²) in [5.41, 5.74) is 4.91. The first-order chi connectivity index (χ1) is 20.9. The molecule has 1 aliphatic heterocycles. The van der Waals surface area contributed by atoms with Gasteiger partial charge in [0, 0.05) is 11.9 Å². The van der Waals surface area contributed by atoms with Gasteiger partial charge < -0.3 is 9.51 Å². The van der Waals surface area contributed by atoms with E-state index in [4.69, 9.17) is 0 Å². The molecule has 1 saturated heterocycles. The number of anilines is 1. The molecule has 0 saturated carbocycles. The van der Waals surface area contributed by atoms with Gasteiger partial charge in [0.25, 0.3) is 5.78 Å². The van der Waals surface area contributed by atoms with Crippen LogP contribution in [-0.4, -0.2) is 36.4 Å². The van der Waals surface area contributed by atoms with Crippen LogP contribution in [0.3, 0.4) is 0 Å². The fourth-order valence-electron chi connectivity index (χ4n) is 5.27. The third kappa shape index (κ3) is 5.30. The molecule has 0 bridgehead atoms. The number of thioether (sulfide) groups is 1. The largest absolute Gasteiger partial charge is 0.505 e. The fourth-order valence-corrected chi connectivity index (χ4v) is 7.09. The monoisotopic (exact) mass is 627 g/mol. The second-order valence-corrected chi connectivity index (χ2v) is 13.9. The van der Waals surface area contributed by atoms with Crippen molar-refractivity contribution >= 4 is 51.3 Å². The van der Waals surface area contributed by atoms with Gasteiger partial charge in [0.2, 0.25) is 5.13 Å². The lowest BCUT2D eigenvalue weighted by Crippen LogP contribution is -2.29. The summed E-state index contributed by atoms with van der Waals surface area (Å²) in [5.74, 6) is -1.75. The number of fused-ring (bicyclic) bond motifs is 1. The summed E-state index contributed by atoms with van der Waals surface area (Å²) in [4.78, 5) is 33.4. The van der Waals surface area contributed by atoms with E-state index in [1.54, 1.807) is 12.1 Å². The van der Waals surface area contributed by atoms with Crippen LogP contribution in [0, 0.1) is 19.7 Å². The summed E-state index contributed by atoms with van der Waals surface area (Å²) in [6.45, 7) is 10.0. The molecule has 0 spiro atoms. The number of aromatic nitrogens is 4. The molecule has 1 aliphatic rings. The van der Waals surface area contributed by atoms with Crippen LogP contribution in [-0.2, 0) is 20.8 Å². The molecule has 1 fully saturated rings. The molecule has 8 nitrogen and oxygen atoms in total. The van der Waals surface area contributed by atoms with Crippen molar-refractivity contribution in [2.24, 2.45) is 0 Å². The minimum Gasteiger partial charge on any atom is -0.505 e. The van der Waals surface area contributed by atoms with E-state index in [-0.39, 0.29) is 33.4 Å². The van der Waals surface area contributed by atoms with E-state index in [0.717, 1.165) is 16.7 Å². The molecule has 0 radical (unpaired) electrons. The Kier molecular flexibility index (Phi) is 7.63. The molecule has 0 aliphatic carbocycles. The number of pyridine rings is 1. The number of halogens is 1. The fraction of sp³-hybridized carbons (Fsp3) is 0.242. The number of amides is 1. The molecule has 44 heavy (non-hydrogen) atoms. The van der Waals surface area contributed by atoms with Gasteiger partial charge in [0.05, 0.1) is 17.3 Å². The number of carbonyl (C=O) groups is 2. The Balaban J connectivity index is 1.44. The molecular weight excluding hydrogens is 598 g/mol. The average molecular weight is 628 g/mol. The van der Waals surface area contributed by atoms with Gasteiger partial charge in [-0.1, -0.05) is 86.3 Å². The Labute approximate surface area is 262 Å². The van der Waals surface area contributed by atoms with Gasteiger partial charge in [0.15, 0.2) is 10.1 Å². The second kappa shape index (κ2) is 11.3. The number of aliphatic hydroxyl groups excluding tert-OH is 1. The van der Waals surface area contributed by atoms with Gasteiger partial charge >= 0.3 is 5.91 Å². The van der Waals surface area contributed by atoms with E-state index < -0.39 is 17.7 Å². The highest BCUT2D eigenvalue weighted by Crippen LogP contribution is 2.44. The van der Waals surface area contributed by atoms with Crippen LogP contribution in [0.1, 0.15) is 60.5 Å². The first kappa shape index (κ1) is 29.7. The molecule has 11 heteroatoms. The van der Waals surface area contributed by atoms with Gasteiger partial charge in [-0.25, -0.2) is 9.37 Å². The number of aryl methyl sites for hydroxylation is 2. The van der Waals surface area contributed by atoms with Crippen molar-refractivity contribution in [1.29, 1.82) is 0 Å². The molecular formula is C33H30FN5O3S2. The van der Waals surface area contributed by atoms with Crippen molar-refractivity contribution in [3.63, 3.8) is 0 Å². The van der Waals surface area contributed by atoms with E-state index in [2.05, 4.69) is 36.0 Å². The van der Waals surface area contributed by atoms with E-state index in [0.29, 0.717) is 27.0 Å². The summed E-state index contributed by atoms with van der Waals surface area (Å²) >= 11 is 2.58. The van der Waals surface area contributed by atoms with Crippen molar-refractivity contribution in [3.8, 4) is 0 Å². The number of hydrogen-bond acceptors (Lipinski definition) is 8. The van der Waals surface area contributed by atoms with Crippen LogP contribution < -0.4 is 4.90 Å². The van der Waals surface area contributed by atoms with Gasteiger partial charge in [-0.05, 0) is 59.7 Å². The number of benzene rings is 2. The van der Waals surface area contributed by atoms with E-state index >= 15 is 0 Å². The Bertz CT molecular complexity index is 1940. The van der Waals surface area contributed by atoms with Crippen molar-refractivity contribution in [3.05, 3.63) is 112 Å². The zero-order valence-electron chi connectivity index (χ0n) is 24.8. The molecule has 1 amide bonds. The summed E-state index contributed by atoms with van der Waals surface area (Å²) in [6, 6.07) is 16.8. The lowest BCUT2D eigenvalue weighted by molar-refractivity contribution is -0.132. The highest BCUT2D eigenvalue weighted by molar-refractivity contribution is 8.00. The zero-order valence-corrected chi connectivity index (χ0v) is 26.5. The minimum absolute atomic E-state index is 0.0571. The average Bonchev–Trinajstić information content (AvgIpc) is 3.67. The van der Waals surface area contributed by atoms with Crippen molar-refractivity contribution in [1.82, 2.24) is 19.6 Å². The normalized spacial score (nSPS) is 16.8. The number of hydrogen-bond donors (Lipinski definition) is 1. The molecule has 5 aromatic rings. The Morgan fingerprint density at radius 3 is 2.39 bits per heavy atom. The van der Waals surface area contributed by atoms with Crippen LogP contribution in [0.4, 0.5) is 9.52 Å². The first-order valence-electron chi connectivity index (χ1n) is 14.0. The van der Waals surface area contributed by atoms with Gasteiger partial charge in [-0.3, -0.25) is 14.5 Å². The maximum absolute atomic E-state index is 13.7. The van der Waals surface area contributed by atoms with Crippen LogP contribution >= 0.6 is 23.1 Å². The predicted octanol–water partition coefficient (Wildman–Crippen LogP) is 7.16. The van der Waals surface area contributed by atoms with Gasteiger partial charge in [0.1, 0.15) is 17.2 Å². The van der Waals surface area contributed by atoms with E-state index in [1.165, 1.54) is 40.1 Å². The summed E-state index contributed by atoms with van der Waals surface area (Å²) in [6.07, 6.45) is 1.84. The van der Waals surface area contributed by atoms with Crippen LogP contribution in [0.15, 0.2) is 76.8 Å². The zero-order chi connectivity index (χ0) is 31.3. The first-order valence-corrected chi connectivity index (χ1v) is 15.8. The number of rotatable bonds is 6. The van der Waals surface area contributed by atoms with Crippen LogP contribution in [0.5, 0.6) is 0 Å². The maximum atomic E-state index is 13.7. The third-order valence-corrected chi connectivity index (χ3v) is 9.85. The number of carbonyl (C=O) groups excluding carboxylic acids is 2. The molecule has 224 valence electrons. The molecule has 1 unspecified atom stereocenters. The molecule has 2 aromatic carbocycles. The van der Waals surface area contributed by atoms with Crippen molar-refractivity contribution in [2.45, 2.75) is 56.2 Å². The Morgan fingerprint density at radius 1 is 1.02 bits per heavy atom. The maximum Gasteiger partial charge on any atom is 0.301 e. The predicted molar refractivity (Wildman–Crippen MR) is 170 cm³/mol. The minimum atomic E-state index is -0.947. The highest BCUT2D eigenvalue weighted by Gasteiger charge is 2.49. The second-order valence-electron chi connectivity index (χ2n) is 11.7. The molecule has 4 heterocycles. The highest BCUT2D eigenvalue weighted by atomic mass is 32.2. The number of ketones is 1.